The lowest BCUT2D eigenvalue weighted by Gasteiger charge is -2.06. The normalized spacial score (nSPS) is 11.6. The molecule has 1 aromatic heterocycles. The summed E-state index contributed by atoms with van der Waals surface area (Å²) >= 11 is 0. The Balaban J connectivity index is 1.55. The minimum atomic E-state index is -3.82. The lowest BCUT2D eigenvalue weighted by molar-refractivity contribution is -0.116. The molecule has 0 spiro atoms. The molecule has 0 atom stereocenters. The average Bonchev–Trinajstić information content (AvgIpc) is 3.16. The molecule has 3 aromatic carbocycles. The zero-order valence-electron chi connectivity index (χ0n) is 19.0. The number of carbonyl (C=O) groups is 2. The van der Waals surface area contributed by atoms with Crippen LogP contribution in [-0.4, -0.2) is 43.6 Å². The molecule has 11 nitrogen and oxygen atoms in total. The zero-order chi connectivity index (χ0) is 25.9. The molecule has 0 saturated carbocycles. The second-order valence-electron chi connectivity index (χ2n) is 7.58. The Morgan fingerprint density at radius 1 is 1.03 bits per heavy atom. The number of carbonyl (C=O) groups excluding carboxylic acids is 2. The number of aromatic hydroxyl groups is 1. The maximum absolute atomic E-state index is 13.1. The molecule has 1 heterocycles. The fourth-order valence-electron chi connectivity index (χ4n) is 3.46. The van der Waals surface area contributed by atoms with Gasteiger partial charge in [0.15, 0.2) is 5.69 Å². The van der Waals surface area contributed by atoms with Crippen LogP contribution < -0.4 is 15.2 Å². The van der Waals surface area contributed by atoms with E-state index in [1.165, 1.54) is 31.4 Å². The highest BCUT2D eigenvalue weighted by Crippen LogP contribution is 2.39. The molecule has 0 bridgehead atoms. The van der Waals surface area contributed by atoms with Crippen LogP contribution in [0.25, 0.3) is 10.9 Å². The van der Waals surface area contributed by atoms with Crippen molar-refractivity contribution in [2.75, 3.05) is 19.0 Å². The minimum Gasteiger partial charge on any atom is -0.497 e. The Morgan fingerprint density at radius 2 is 1.69 bits per heavy atom. The maximum atomic E-state index is 13.1. The Kier molecular flexibility index (Phi) is 6.81. The standard InChI is InChI=1S/C24H21N5O6S/c1-35-17-10-6-15(7-11-17)23(31)29-20-5-3-2-4-19(20)22(24(29)32)28-27-21(30)14-26-16-8-12-18(13-9-16)36(25,33)34/h2-13,26,32H,14H2,1H3,(H2,25,33,34). The molecule has 1 amide bonds. The number of anilines is 1. The predicted octanol–water partition coefficient (Wildman–Crippen LogP) is 3.41. The van der Waals surface area contributed by atoms with Gasteiger partial charge in [-0.25, -0.2) is 18.1 Å². The van der Waals surface area contributed by atoms with E-state index >= 15 is 0 Å². The van der Waals surface area contributed by atoms with Crippen LogP contribution in [0.15, 0.2) is 87.9 Å². The fourth-order valence-corrected chi connectivity index (χ4v) is 3.97. The third-order valence-corrected chi connectivity index (χ3v) is 6.18. The largest absolute Gasteiger partial charge is 0.497 e. The number of fused-ring (bicyclic) bond motifs is 1. The number of nitrogens with zero attached hydrogens (tertiary/aromatic N) is 3. The number of azo groups is 1. The van der Waals surface area contributed by atoms with Crippen LogP contribution in [0.2, 0.25) is 0 Å². The molecule has 0 aliphatic rings. The van der Waals surface area contributed by atoms with E-state index in [1.807, 2.05) is 0 Å². The van der Waals surface area contributed by atoms with Crippen molar-refractivity contribution >= 4 is 44.1 Å². The summed E-state index contributed by atoms with van der Waals surface area (Å²) in [6, 6.07) is 18.6. The highest BCUT2D eigenvalue weighted by Gasteiger charge is 2.22. The van der Waals surface area contributed by atoms with Gasteiger partial charge in [-0.2, -0.15) is 0 Å². The molecule has 0 aliphatic heterocycles. The van der Waals surface area contributed by atoms with Crippen molar-refractivity contribution in [2.24, 2.45) is 15.4 Å². The van der Waals surface area contributed by atoms with Crippen molar-refractivity contribution in [2.45, 2.75) is 4.90 Å². The van der Waals surface area contributed by atoms with Crippen molar-refractivity contribution in [3.8, 4) is 11.6 Å². The number of hydrogen-bond acceptors (Lipinski definition) is 8. The van der Waals surface area contributed by atoms with Gasteiger partial charge in [-0.3, -0.25) is 9.59 Å². The van der Waals surface area contributed by atoms with Gasteiger partial charge in [0.2, 0.25) is 15.9 Å². The summed E-state index contributed by atoms with van der Waals surface area (Å²) in [7, 11) is -2.31. The van der Waals surface area contributed by atoms with Gasteiger partial charge in [-0.15, -0.1) is 10.2 Å². The van der Waals surface area contributed by atoms with Gasteiger partial charge < -0.3 is 15.2 Å². The fraction of sp³-hybridized carbons (Fsp3) is 0.0833. The van der Waals surface area contributed by atoms with Gasteiger partial charge in [0.1, 0.15) is 5.75 Å². The van der Waals surface area contributed by atoms with Gasteiger partial charge in [-0.05, 0) is 54.6 Å². The van der Waals surface area contributed by atoms with E-state index in [4.69, 9.17) is 9.88 Å². The first kappa shape index (κ1) is 24.6. The van der Waals surface area contributed by atoms with Crippen LogP contribution >= 0.6 is 0 Å². The number of ether oxygens (including phenoxy) is 1. The van der Waals surface area contributed by atoms with Crippen LogP contribution in [0.4, 0.5) is 11.4 Å². The predicted molar refractivity (Wildman–Crippen MR) is 132 cm³/mol. The summed E-state index contributed by atoms with van der Waals surface area (Å²) in [6.07, 6.45) is 0. The Hall–Kier alpha value is -4.55. The molecule has 36 heavy (non-hydrogen) atoms. The number of rotatable bonds is 7. The second-order valence-corrected chi connectivity index (χ2v) is 9.14. The highest BCUT2D eigenvalue weighted by molar-refractivity contribution is 7.89. The summed E-state index contributed by atoms with van der Waals surface area (Å²) in [5.74, 6) is -1.04. The Labute approximate surface area is 205 Å². The maximum Gasteiger partial charge on any atom is 0.283 e. The van der Waals surface area contributed by atoms with Crippen LogP contribution in [-0.2, 0) is 14.8 Å². The third kappa shape index (κ3) is 5.09. The first-order valence-corrected chi connectivity index (χ1v) is 12.1. The summed E-state index contributed by atoms with van der Waals surface area (Å²) < 4.78 is 28.9. The van der Waals surface area contributed by atoms with E-state index in [0.29, 0.717) is 27.9 Å². The molecule has 184 valence electrons. The number of aromatic nitrogens is 1. The number of primary sulfonamides is 1. The molecule has 4 rings (SSSR count). The monoisotopic (exact) mass is 507 g/mol. The average molecular weight is 508 g/mol. The molecular formula is C24H21N5O6S. The van der Waals surface area contributed by atoms with E-state index in [0.717, 1.165) is 4.57 Å². The number of hydrogen-bond donors (Lipinski definition) is 3. The first-order valence-electron chi connectivity index (χ1n) is 10.5. The van der Waals surface area contributed by atoms with Gasteiger partial charge in [-0.1, -0.05) is 18.2 Å². The number of nitrogens with two attached hydrogens (primary N) is 1. The quantitative estimate of drug-likeness (QED) is 0.322. The van der Waals surface area contributed by atoms with E-state index in [-0.39, 0.29) is 17.1 Å². The smallest absolute Gasteiger partial charge is 0.283 e. The number of nitrogens with one attached hydrogen (secondary N) is 1. The molecule has 0 unspecified atom stereocenters. The van der Waals surface area contributed by atoms with Crippen molar-refractivity contribution < 1.29 is 27.9 Å². The van der Waals surface area contributed by atoms with Crippen LogP contribution in [0.1, 0.15) is 10.4 Å². The topological polar surface area (TPSA) is 165 Å². The minimum absolute atomic E-state index is 0.0293. The van der Waals surface area contributed by atoms with Crippen molar-refractivity contribution in [3.63, 3.8) is 0 Å². The molecule has 0 fully saturated rings. The number of para-hydroxylation sites is 1. The number of methoxy groups -OCH3 is 1. The first-order chi connectivity index (χ1) is 17.2. The van der Waals surface area contributed by atoms with E-state index in [2.05, 4.69) is 15.5 Å². The lowest BCUT2D eigenvalue weighted by atomic mass is 10.2. The van der Waals surface area contributed by atoms with Gasteiger partial charge in [0.05, 0.1) is 24.1 Å². The molecule has 4 N–H and O–H groups in total. The summed E-state index contributed by atoms with van der Waals surface area (Å²) in [5, 5.41) is 26.7. The summed E-state index contributed by atoms with van der Waals surface area (Å²) in [5.41, 5.74) is 1.14. The van der Waals surface area contributed by atoms with E-state index in [1.54, 1.807) is 48.5 Å². The van der Waals surface area contributed by atoms with Crippen molar-refractivity contribution in [1.29, 1.82) is 0 Å². The SMILES string of the molecule is COc1ccc(C(=O)n2c(O)c(N=NC(=O)CNc3ccc(S(N)(=O)=O)cc3)c3ccccc32)cc1. The zero-order valence-corrected chi connectivity index (χ0v) is 19.8. The van der Waals surface area contributed by atoms with Gasteiger partial charge >= 0.3 is 0 Å². The highest BCUT2D eigenvalue weighted by atomic mass is 32.2. The summed E-state index contributed by atoms with van der Waals surface area (Å²) in [4.78, 5) is 25.4. The van der Waals surface area contributed by atoms with Crippen molar-refractivity contribution in [3.05, 3.63) is 78.4 Å². The number of sulfonamides is 1. The molecule has 0 radical (unpaired) electrons. The number of amides is 1. The van der Waals surface area contributed by atoms with Crippen LogP contribution in [0, 0.1) is 0 Å². The van der Waals surface area contributed by atoms with Crippen LogP contribution in [0.5, 0.6) is 11.6 Å². The van der Waals surface area contributed by atoms with E-state index < -0.39 is 27.7 Å². The lowest BCUT2D eigenvalue weighted by Crippen LogP contribution is -2.13. The number of benzene rings is 3. The van der Waals surface area contributed by atoms with E-state index in [9.17, 15) is 23.1 Å². The molecule has 12 heteroatoms. The molecule has 0 saturated heterocycles. The summed E-state index contributed by atoms with van der Waals surface area (Å²) in [6.45, 7) is -0.248. The Bertz CT molecular complexity index is 1580. The second kappa shape index (κ2) is 9.98. The molecule has 0 aliphatic carbocycles. The Morgan fingerprint density at radius 3 is 2.33 bits per heavy atom. The molecule has 4 aromatic rings. The van der Waals surface area contributed by atoms with Gasteiger partial charge in [0.25, 0.3) is 11.8 Å². The van der Waals surface area contributed by atoms with Crippen molar-refractivity contribution in [1.82, 2.24) is 4.57 Å². The third-order valence-electron chi connectivity index (χ3n) is 5.25. The van der Waals surface area contributed by atoms with Gasteiger partial charge in [0, 0.05) is 16.6 Å². The van der Waals surface area contributed by atoms with Crippen LogP contribution in [0.3, 0.4) is 0 Å². The molecular weight excluding hydrogens is 486 g/mol.